The molecule has 0 aromatic carbocycles. The standard InChI is InChI=1S/C10H16.2C3H5O.2Co.2O/c1-2-6-10-8-4-3-7-9(10)5-1;2*1-3-2-4-3;;;;/h1-8H2;2*3H,1-2H2;;;;. The summed E-state index contributed by atoms with van der Waals surface area (Å²) in [6, 6.07) is 0. The zero-order chi connectivity index (χ0) is 15.2. The van der Waals surface area contributed by atoms with Gasteiger partial charge in [0.15, 0.2) is 0 Å². The molecule has 4 aliphatic rings. The second-order valence-electron chi connectivity index (χ2n) is 7.01. The third-order valence-corrected chi connectivity index (χ3v) is 11.7. The molecule has 2 aliphatic carbocycles. The molecule has 4 rings (SSSR count). The molecule has 0 aromatic rings. The van der Waals surface area contributed by atoms with Gasteiger partial charge in [-0.2, -0.15) is 0 Å². The summed E-state index contributed by atoms with van der Waals surface area (Å²) in [6.07, 6.45) is 9.07. The summed E-state index contributed by atoms with van der Waals surface area (Å²) in [7, 11) is 0. The Morgan fingerprint density at radius 3 is 1.32 bits per heavy atom. The number of fused-ring (bicyclic) bond motifs is 1. The second-order valence-corrected chi connectivity index (χ2v) is 11.6. The van der Waals surface area contributed by atoms with Gasteiger partial charge < -0.3 is 0 Å². The van der Waals surface area contributed by atoms with Gasteiger partial charge in [0, 0.05) is 0 Å². The van der Waals surface area contributed by atoms with Crippen LogP contribution in [0.3, 0.4) is 0 Å². The molecule has 0 spiro atoms. The van der Waals surface area contributed by atoms with E-state index in [0.29, 0.717) is 10.7 Å². The first-order chi connectivity index (χ1) is 10.7. The third kappa shape index (κ3) is 2.73. The van der Waals surface area contributed by atoms with E-state index in [9.17, 15) is 7.73 Å². The van der Waals surface area contributed by atoms with Gasteiger partial charge in [0.1, 0.15) is 0 Å². The third-order valence-electron chi connectivity index (χ3n) is 5.58. The predicted octanol–water partition coefficient (Wildman–Crippen LogP) is 4.01. The SMILES string of the molecule is [O]=[Co]([CH2]C1CO1)[C]12CCCC[C]1([Co](=[O])[CH2]C1CO1)CCCC2. The Balaban J connectivity index is 1.65. The Kier molecular flexibility index (Phi) is 4.45. The summed E-state index contributed by atoms with van der Waals surface area (Å²) in [5.41, 5.74) is 0. The van der Waals surface area contributed by atoms with E-state index < -0.39 is 27.2 Å². The van der Waals surface area contributed by atoms with Gasteiger partial charge >= 0.3 is 141 Å². The molecule has 2 unspecified atom stereocenters. The number of hydrogen-bond donors (Lipinski definition) is 0. The molecule has 132 valence electrons. The molecule has 4 nitrogen and oxygen atoms in total. The molecule has 0 radical (unpaired) electrons. The average Bonchev–Trinajstić information content (AvgIpc) is 3.43. The molecule has 0 N–H and O–H groups in total. The zero-order valence-corrected chi connectivity index (χ0v) is 15.0. The Hall–Kier alpha value is 0.533. The van der Waals surface area contributed by atoms with Crippen molar-refractivity contribution in [3.8, 4) is 0 Å². The van der Waals surface area contributed by atoms with Crippen molar-refractivity contribution < 1.29 is 44.4 Å². The van der Waals surface area contributed by atoms with Crippen molar-refractivity contribution in [1.29, 1.82) is 0 Å². The van der Waals surface area contributed by atoms with E-state index in [1.165, 1.54) is 0 Å². The van der Waals surface area contributed by atoms with Crippen molar-refractivity contribution in [2.24, 2.45) is 0 Å². The van der Waals surface area contributed by atoms with Gasteiger partial charge in [0.25, 0.3) is 0 Å². The fourth-order valence-electron chi connectivity index (χ4n) is 4.24. The van der Waals surface area contributed by atoms with Crippen molar-refractivity contribution in [3.63, 3.8) is 0 Å². The van der Waals surface area contributed by atoms with Gasteiger partial charge in [-0.3, -0.25) is 0 Å². The van der Waals surface area contributed by atoms with Crippen LogP contribution in [0.1, 0.15) is 51.4 Å². The Labute approximate surface area is 140 Å². The minimum atomic E-state index is -1.31. The molecule has 22 heavy (non-hydrogen) atoms. The summed E-state index contributed by atoms with van der Waals surface area (Å²) in [4.78, 5) is 0. The topological polar surface area (TPSA) is 59.2 Å². The van der Waals surface area contributed by atoms with Crippen molar-refractivity contribution in [2.45, 2.75) is 83.0 Å². The van der Waals surface area contributed by atoms with Crippen LogP contribution in [0.15, 0.2) is 0 Å². The number of ether oxygens (including phenoxy) is 2. The molecule has 2 heterocycles. The summed E-state index contributed by atoms with van der Waals surface area (Å²) < 4.78 is 37.0. The van der Waals surface area contributed by atoms with Crippen molar-refractivity contribution in [1.82, 2.24) is 0 Å². The maximum atomic E-state index is 13.3. The monoisotopic (exact) mass is 400 g/mol. The van der Waals surface area contributed by atoms with Crippen molar-refractivity contribution >= 4 is 0 Å². The van der Waals surface area contributed by atoms with Crippen LogP contribution in [0.5, 0.6) is 0 Å². The van der Waals surface area contributed by atoms with Crippen LogP contribution < -0.4 is 0 Å². The van der Waals surface area contributed by atoms with Crippen LogP contribution in [0.25, 0.3) is 0 Å². The predicted molar refractivity (Wildman–Crippen MR) is 72.8 cm³/mol. The summed E-state index contributed by atoms with van der Waals surface area (Å²) >= 11 is -2.63. The molecule has 2 saturated heterocycles. The van der Waals surface area contributed by atoms with E-state index in [0.717, 1.165) is 64.6 Å². The summed E-state index contributed by atoms with van der Waals surface area (Å²) in [5, 5.41) is 1.38. The first kappa shape index (κ1) is 16.0. The minimum absolute atomic E-state index is 0.177. The first-order valence-electron chi connectivity index (χ1n) is 8.42. The number of rotatable bonds is 6. The van der Waals surface area contributed by atoms with Crippen LogP contribution in [-0.2, 0) is 44.4 Å². The fraction of sp³-hybridized carbons (Fsp3) is 1.00. The quantitative estimate of drug-likeness (QED) is 0.633. The zero-order valence-electron chi connectivity index (χ0n) is 12.9. The molecular weight excluding hydrogens is 374 g/mol. The van der Waals surface area contributed by atoms with Gasteiger partial charge in [-0.05, 0) is 0 Å². The molecule has 2 aliphatic heterocycles. The van der Waals surface area contributed by atoms with Crippen LogP contribution in [0, 0.1) is 0 Å². The maximum absolute atomic E-state index is 13.3. The molecule has 2 saturated carbocycles. The van der Waals surface area contributed by atoms with Gasteiger partial charge in [-0.15, -0.1) is 0 Å². The van der Waals surface area contributed by atoms with Gasteiger partial charge in [0.2, 0.25) is 0 Å². The van der Waals surface area contributed by atoms with Crippen LogP contribution >= 0.6 is 0 Å². The molecule has 0 aromatic heterocycles. The van der Waals surface area contributed by atoms with Gasteiger partial charge in [-0.1, -0.05) is 0 Å². The van der Waals surface area contributed by atoms with Crippen LogP contribution in [-0.4, -0.2) is 25.4 Å². The average molecular weight is 400 g/mol. The Morgan fingerprint density at radius 1 is 0.727 bits per heavy atom. The Bertz CT molecular complexity index is 429. The first-order valence-corrected chi connectivity index (χ1v) is 11.8. The van der Waals surface area contributed by atoms with E-state index >= 15 is 0 Å². The summed E-state index contributed by atoms with van der Waals surface area (Å²) in [6.45, 7) is 1.54. The molecule has 2 atom stereocenters. The van der Waals surface area contributed by atoms with Crippen LogP contribution in [0.4, 0.5) is 0 Å². The van der Waals surface area contributed by atoms with Gasteiger partial charge in [-0.25, -0.2) is 0 Å². The number of epoxide rings is 2. The molecule has 6 heteroatoms. The van der Waals surface area contributed by atoms with Gasteiger partial charge in [0.05, 0.1) is 0 Å². The van der Waals surface area contributed by atoms with E-state index in [4.69, 9.17) is 9.47 Å². The van der Waals surface area contributed by atoms with Crippen molar-refractivity contribution in [2.75, 3.05) is 13.2 Å². The number of hydrogen-bond acceptors (Lipinski definition) is 4. The van der Waals surface area contributed by atoms with E-state index in [1.807, 2.05) is 0 Å². The van der Waals surface area contributed by atoms with E-state index in [1.54, 1.807) is 0 Å². The Morgan fingerprint density at radius 2 is 1.05 bits per heavy atom. The second kappa shape index (κ2) is 6.11. The van der Waals surface area contributed by atoms with Crippen molar-refractivity contribution in [3.05, 3.63) is 0 Å². The molecule has 4 fully saturated rings. The molecule has 0 bridgehead atoms. The van der Waals surface area contributed by atoms with Crippen LogP contribution in [0.2, 0.25) is 19.4 Å². The normalized spacial score (nSPS) is 44.9. The van der Waals surface area contributed by atoms with E-state index in [-0.39, 0.29) is 20.9 Å². The van der Waals surface area contributed by atoms with E-state index in [2.05, 4.69) is 0 Å². The fourth-order valence-corrected chi connectivity index (χ4v) is 10.6. The molecule has 0 amide bonds. The summed E-state index contributed by atoms with van der Waals surface area (Å²) in [5.74, 6) is 0. The molecular formula is C16H26Co2O4.